The first kappa shape index (κ1) is 19.8. The Labute approximate surface area is 171 Å². The quantitative estimate of drug-likeness (QED) is 0.770. The lowest BCUT2D eigenvalue weighted by molar-refractivity contribution is -0.00570. The molecule has 2 fully saturated rings. The molecule has 2 aliphatic rings. The summed E-state index contributed by atoms with van der Waals surface area (Å²) in [5, 5.41) is 4.27. The predicted octanol–water partition coefficient (Wildman–Crippen LogP) is 2.46. The third kappa shape index (κ3) is 4.59. The number of ether oxygens (including phenoxy) is 2. The molecule has 2 aromatic rings. The summed E-state index contributed by atoms with van der Waals surface area (Å²) in [5.74, 6) is 2.44. The van der Waals surface area contributed by atoms with Crippen molar-refractivity contribution in [1.29, 1.82) is 0 Å². The first-order valence-electron chi connectivity index (χ1n) is 10.3. The molecule has 2 aromatic heterocycles. The molecule has 0 aliphatic carbocycles. The van der Waals surface area contributed by atoms with Crippen LogP contribution in [0.1, 0.15) is 20.8 Å². The van der Waals surface area contributed by atoms with Gasteiger partial charge in [0.25, 0.3) is 0 Å². The number of aromatic nitrogens is 3. The molecule has 0 saturated carbocycles. The Morgan fingerprint density at radius 1 is 1.10 bits per heavy atom. The molecule has 2 aliphatic heterocycles. The average molecular weight is 399 g/mol. The lowest BCUT2D eigenvalue weighted by Gasteiger charge is -2.36. The van der Waals surface area contributed by atoms with E-state index in [1.165, 1.54) is 0 Å². The van der Waals surface area contributed by atoms with Gasteiger partial charge in [-0.1, -0.05) is 12.2 Å². The third-order valence-electron chi connectivity index (χ3n) is 5.11. The molecule has 8 heteroatoms. The van der Waals surface area contributed by atoms with Crippen molar-refractivity contribution in [2.75, 3.05) is 61.1 Å². The Bertz CT molecular complexity index is 873. The highest BCUT2D eigenvalue weighted by Crippen LogP contribution is 2.28. The summed E-state index contributed by atoms with van der Waals surface area (Å²) in [4.78, 5) is 19.1. The van der Waals surface area contributed by atoms with Crippen molar-refractivity contribution in [2.45, 2.75) is 33.0 Å². The maximum atomic E-state index is 5.89. The van der Waals surface area contributed by atoms with Gasteiger partial charge in [-0.25, -0.2) is 4.98 Å². The Morgan fingerprint density at radius 2 is 1.83 bits per heavy atom. The van der Waals surface area contributed by atoms with Crippen LogP contribution in [0.5, 0.6) is 0 Å². The SMILES string of the molecule is C=C(C)CNc1ccc2c(N3CCOCC3)nc(N3CC(C)OC(C)C3)nc2n1. The predicted molar refractivity (Wildman–Crippen MR) is 116 cm³/mol. The Hall–Kier alpha value is -2.45. The van der Waals surface area contributed by atoms with E-state index in [1.807, 2.05) is 13.0 Å². The van der Waals surface area contributed by atoms with Crippen molar-refractivity contribution in [3.63, 3.8) is 0 Å². The van der Waals surface area contributed by atoms with Crippen molar-refractivity contribution in [3.8, 4) is 0 Å². The Kier molecular flexibility index (Phi) is 5.82. The minimum Gasteiger partial charge on any atom is -0.378 e. The lowest BCUT2D eigenvalue weighted by Crippen LogP contribution is -2.46. The zero-order chi connectivity index (χ0) is 20.4. The lowest BCUT2D eigenvalue weighted by atomic mass is 10.2. The number of morpholine rings is 2. The summed E-state index contributed by atoms with van der Waals surface area (Å²) >= 11 is 0. The Morgan fingerprint density at radius 3 is 2.52 bits per heavy atom. The molecule has 0 bridgehead atoms. The number of hydrogen-bond donors (Lipinski definition) is 1. The molecule has 4 heterocycles. The molecule has 0 radical (unpaired) electrons. The van der Waals surface area contributed by atoms with E-state index in [0.29, 0.717) is 31.4 Å². The number of anilines is 3. The summed E-state index contributed by atoms with van der Waals surface area (Å²) in [6, 6.07) is 4.04. The van der Waals surface area contributed by atoms with Crippen LogP contribution in [0.2, 0.25) is 0 Å². The van der Waals surface area contributed by atoms with Crippen LogP contribution in [0.15, 0.2) is 24.3 Å². The van der Waals surface area contributed by atoms with Crippen LogP contribution in [-0.2, 0) is 9.47 Å². The molecule has 0 spiro atoms. The van der Waals surface area contributed by atoms with Gasteiger partial charge in [-0.05, 0) is 32.9 Å². The monoisotopic (exact) mass is 398 g/mol. The maximum absolute atomic E-state index is 5.89. The van der Waals surface area contributed by atoms with Crippen LogP contribution in [0.25, 0.3) is 11.0 Å². The van der Waals surface area contributed by atoms with Crippen molar-refractivity contribution in [3.05, 3.63) is 24.3 Å². The molecule has 2 unspecified atom stereocenters. The van der Waals surface area contributed by atoms with Crippen LogP contribution in [0.4, 0.5) is 17.6 Å². The van der Waals surface area contributed by atoms with Crippen molar-refractivity contribution in [1.82, 2.24) is 15.0 Å². The highest BCUT2D eigenvalue weighted by molar-refractivity contribution is 5.89. The first-order chi connectivity index (χ1) is 14.0. The van der Waals surface area contributed by atoms with E-state index in [-0.39, 0.29) is 12.2 Å². The van der Waals surface area contributed by atoms with Gasteiger partial charge in [0, 0.05) is 32.7 Å². The van der Waals surface area contributed by atoms with E-state index < -0.39 is 0 Å². The number of fused-ring (bicyclic) bond motifs is 1. The van der Waals surface area contributed by atoms with Crippen molar-refractivity contribution < 1.29 is 9.47 Å². The number of pyridine rings is 1. The molecule has 2 saturated heterocycles. The summed E-state index contributed by atoms with van der Waals surface area (Å²) in [6.45, 7) is 15.4. The van der Waals surface area contributed by atoms with Crippen LogP contribution >= 0.6 is 0 Å². The summed E-state index contributed by atoms with van der Waals surface area (Å²) < 4.78 is 11.4. The van der Waals surface area contributed by atoms with E-state index >= 15 is 0 Å². The molecule has 0 amide bonds. The van der Waals surface area contributed by atoms with Gasteiger partial charge in [-0.15, -0.1) is 0 Å². The zero-order valence-electron chi connectivity index (χ0n) is 17.5. The molecule has 4 rings (SSSR count). The summed E-state index contributed by atoms with van der Waals surface area (Å²) in [6.07, 6.45) is 0.280. The number of nitrogens with one attached hydrogen (secondary N) is 1. The second-order valence-electron chi connectivity index (χ2n) is 7.99. The fourth-order valence-electron chi connectivity index (χ4n) is 3.82. The minimum atomic E-state index is 0.140. The minimum absolute atomic E-state index is 0.140. The first-order valence-corrected chi connectivity index (χ1v) is 10.3. The van der Waals surface area contributed by atoms with Gasteiger partial charge in [0.1, 0.15) is 11.6 Å². The third-order valence-corrected chi connectivity index (χ3v) is 5.11. The van der Waals surface area contributed by atoms with Gasteiger partial charge < -0.3 is 24.6 Å². The molecule has 2 atom stereocenters. The van der Waals surface area contributed by atoms with Crippen LogP contribution in [0.3, 0.4) is 0 Å². The second-order valence-corrected chi connectivity index (χ2v) is 7.99. The van der Waals surface area contributed by atoms with Gasteiger partial charge >= 0.3 is 0 Å². The molecule has 0 aromatic carbocycles. The van der Waals surface area contributed by atoms with Gasteiger partial charge in [0.2, 0.25) is 5.95 Å². The molecule has 29 heavy (non-hydrogen) atoms. The normalized spacial score (nSPS) is 22.7. The molecule has 156 valence electrons. The standard InChI is InChI=1S/C21H30N6O2/c1-14(2)11-22-18-6-5-17-19(23-18)24-21(27-12-15(3)29-16(4)13-27)25-20(17)26-7-9-28-10-8-26/h5-6,15-16H,1,7-13H2,2-4H3,(H,22,23,24,25). The van der Waals surface area contributed by atoms with Gasteiger partial charge in [-0.2, -0.15) is 9.97 Å². The van der Waals surface area contributed by atoms with Gasteiger partial charge in [0.15, 0.2) is 5.65 Å². The average Bonchev–Trinajstić information content (AvgIpc) is 2.71. The van der Waals surface area contributed by atoms with Crippen molar-refractivity contribution in [2.24, 2.45) is 0 Å². The molecular formula is C21H30N6O2. The number of rotatable bonds is 5. The topological polar surface area (TPSA) is 75.6 Å². The van der Waals surface area contributed by atoms with Crippen LogP contribution in [-0.4, -0.2) is 73.1 Å². The fourth-order valence-corrected chi connectivity index (χ4v) is 3.82. The Balaban J connectivity index is 1.74. The van der Waals surface area contributed by atoms with E-state index in [4.69, 9.17) is 24.4 Å². The number of nitrogens with zero attached hydrogens (tertiary/aromatic N) is 5. The highest BCUT2D eigenvalue weighted by Gasteiger charge is 2.26. The van der Waals surface area contributed by atoms with Gasteiger partial charge in [0.05, 0.1) is 30.8 Å². The summed E-state index contributed by atoms with van der Waals surface area (Å²) in [5.41, 5.74) is 1.76. The highest BCUT2D eigenvalue weighted by atomic mass is 16.5. The molecular weight excluding hydrogens is 368 g/mol. The second kappa shape index (κ2) is 8.51. The molecule has 1 N–H and O–H groups in total. The fraction of sp³-hybridized carbons (Fsp3) is 0.571. The van der Waals surface area contributed by atoms with E-state index in [1.54, 1.807) is 0 Å². The number of hydrogen-bond acceptors (Lipinski definition) is 8. The maximum Gasteiger partial charge on any atom is 0.229 e. The van der Waals surface area contributed by atoms with Crippen LogP contribution < -0.4 is 15.1 Å². The smallest absolute Gasteiger partial charge is 0.229 e. The van der Waals surface area contributed by atoms with Crippen molar-refractivity contribution >= 4 is 28.6 Å². The van der Waals surface area contributed by atoms with Gasteiger partial charge in [-0.3, -0.25) is 0 Å². The largest absolute Gasteiger partial charge is 0.378 e. The molecule has 8 nitrogen and oxygen atoms in total. The van der Waals surface area contributed by atoms with E-state index in [2.05, 4.69) is 41.6 Å². The zero-order valence-corrected chi connectivity index (χ0v) is 17.5. The van der Waals surface area contributed by atoms with E-state index in [9.17, 15) is 0 Å². The van der Waals surface area contributed by atoms with Crippen LogP contribution in [0, 0.1) is 0 Å². The summed E-state index contributed by atoms with van der Waals surface area (Å²) in [7, 11) is 0. The van der Waals surface area contributed by atoms with E-state index in [0.717, 1.165) is 48.8 Å².